The number of methoxy groups -OCH3 is 3. The zero-order valence-electron chi connectivity index (χ0n) is 18.1. The normalized spacial score (nSPS) is 10.5. The highest BCUT2D eigenvalue weighted by Crippen LogP contribution is 2.37. The predicted octanol–water partition coefficient (Wildman–Crippen LogP) is 2.98. The summed E-state index contributed by atoms with van der Waals surface area (Å²) in [5.74, 6) is 1.48. The monoisotopic (exact) mass is 429 g/mol. The molecule has 2 amide bonds. The van der Waals surface area contributed by atoms with Gasteiger partial charge >= 0.3 is 0 Å². The van der Waals surface area contributed by atoms with Gasteiger partial charge in [0.05, 0.1) is 34.2 Å². The van der Waals surface area contributed by atoms with E-state index in [2.05, 4.69) is 15.8 Å². The first-order valence-corrected chi connectivity index (χ1v) is 9.65. The Hall–Kier alpha value is -3.75. The number of amides is 2. The quantitative estimate of drug-likeness (QED) is 0.420. The molecule has 9 heteroatoms. The lowest BCUT2D eigenvalue weighted by Crippen LogP contribution is -2.20. The van der Waals surface area contributed by atoms with Crippen molar-refractivity contribution in [1.29, 1.82) is 0 Å². The molecule has 0 aliphatic heterocycles. The number of carbonyl (C=O) groups excluding carboxylic acids is 2. The molecule has 0 saturated carbocycles. The second-order valence-corrected chi connectivity index (χ2v) is 6.26. The molecule has 0 fully saturated rings. The van der Waals surface area contributed by atoms with Gasteiger partial charge in [0.1, 0.15) is 5.75 Å². The van der Waals surface area contributed by atoms with Gasteiger partial charge in [-0.05, 0) is 43.3 Å². The molecule has 0 radical (unpaired) electrons. The molecule has 0 unspecified atom stereocenters. The second-order valence-electron chi connectivity index (χ2n) is 6.26. The third-order valence-electron chi connectivity index (χ3n) is 4.12. The van der Waals surface area contributed by atoms with E-state index in [1.54, 1.807) is 36.4 Å². The lowest BCUT2D eigenvalue weighted by molar-refractivity contribution is -0.124. The van der Waals surface area contributed by atoms with E-state index in [1.165, 1.54) is 27.5 Å². The number of hydrogen-bond acceptors (Lipinski definition) is 7. The van der Waals surface area contributed by atoms with Crippen LogP contribution in [0.5, 0.6) is 23.0 Å². The summed E-state index contributed by atoms with van der Waals surface area (Å²) in [7, 11) is 4.54. The highest BCUT2D eigenvalue weighted by Gasteiger charge is 2.12. The molecule has 0 aliphatic carbocycles. The Bertz CT molecular complexity index is 887. The van der Waals surface area contributed by atoms with Crippen LogP contribution < -0.4 is 29.7 Å². The standard InChI is InChI=1S/C22H27N3O6/c1-5-31-17-8-6-16(7-9-17)24-20(26)10-11-21(27)25-23-14-15-12-18(28-2)22(30-4)19(13-15)29-3/h6-9,12-14H,5,10-11H2,1-4H3,(H,24,26)(H,25,27). The number of nitrogens with one attached hydrogen (secondary N) is 2. The third kappa shape index (κ3) is 7.22. The Morgan fingerprint density at radius 2 is 1.55 bits per heavy atom. The van der Waals surface area contributed by atoms with Crippen LogP contribution in [0.25, 0.3) is 0 Å². The Morgan fingerprint density at radius 3 is 2.10 bits per heavy atom. The van der Waals surface area contributed by atoms with Crippen molar-refractivity contribution in [3.8, 4) is 23.0 Å². The average Bonchev–Trinajstić information content (AvgIpc) is 2.78. The molecule has 0 spiro atoms. The molecule has 0 heterocycles. The molecule has 31 heavy (non-hydrogen) atoms. The van der Waals surface area contributed by atoms with Crippen molar-refractivity contribution in [3.05, 3.63) is 42.0 Å². The topological polar surface area (TPSA) is 107 Å². The minimum atomic E-state index is -0.384. The van der Waals surface area contributed by atoms with Crippen LogP contribution in [0, 0.1) is 0 Å². The average molecular weight is 429 g/mol. The Morgan fingerprint density at radius 1 is 0.935 bits per heavy atom. The largest absolute Gasteiger partial charge is 0.494 e. The van der Waals surface area contributed by atoms with Crippen molar-refractivity contribution in [2.45, 2.75) is 19.8 Å². The van der Waals surface area contributed by atoms with E-state index in [1.807, 2.05) is 6.92 Å². The fraction of sp³-hybridized carbons (Fsp3) is 0.318. The van der Waals surface area contributed by atoms with E-state index in [-0.39, 0.29) is 24.7 Å². The first kappa shape index (κ1) is 23.5. The SMILES string of the molecule is CCOc1ccc(NC(=O)CCC(=O)NN=Cc2cc(OC)c(OC)c(OC)c2)cc1. The van der Waals surface area contributed by atoms with E-state index < -0.39 is 0 Å². The van der Waals surface area contributed by atoms with Crippen molar-refractivity contribution in [1.82, 2.24) is 5.43 Å². The fourth-order valence-corrected chi connectivity index (χ4v) is 2.66. The van der Waals surface area contributed by atoms with Crippen LogP contribution in [0.15, 0.2) is 41.5 Å². The van der Waals surface area contributed by atoms with Crippen molar-refractivity contribution in [2.75, 3.05) is 33.3 Å². The Balaban J connectivity index is 1.83. The summed E-state index contributed by atoms with van der Waals surface area (Å²) in [5, 5.41) is 6.65. The molecular weight excluding hydrogens is 402 g/mol. The van der Waals surface area contributed by atoms with Crippen LogP contribution in [0.2, 0.25) is 0 Å². The second kappa shape index (κ2) is 12.1. The Labute approximate surface area is 181 Å². The van der Waals surface area contributed by atoms with Crippen molar-refractivity contribution in [2.24, 2.45) is 5.10 Å². The number of nitrogens with zero attached hydrogens (tertiary/aromatic N) is 1. The lowest BCUT2D eigenvalue weighted by Gasteiger charge is -2.12. The number of rotatable bonds is 11. The van der Waals surface area contributed by atoms with Crippen LogP contribution in [0.4, 0.5) is 5.69 Å². The van der Waals surface area contributed by atoms with Gasteiger partial charge in [0.15, 0.2) is 11.5 Å². The smallest absolute Gasteiger partial charge is 0.240 e. The number of benzene rings is 2. The molecule has 9 nitrogen and oxygen atoms in total. The minimum absolute atomic E-state index is 0.00451. The molecule has 2 N–H and O–H groups in total. The van der Waals surface area contributed by atoms with Gasteiger partial charge in [-0.2, -0.15) is 5.10 Å². The third-order valence-corrected chi connectivity index (χ3v) is 4.12. The van der Waals surface area contributed by atoms with Gasteiger partial charge in [0.2, 0.25) is 17.6 Å². The zero-order valence-corrected chi connectivity index (χ0v) is 18.1. The summed E-state index contributed by atoms with van der Waals surface area (Å²) in [6.07, 6.45) is 1.47. The number of anilines is 1. The molecule has 2 aromatic rings. The van der Waals surface area contributed by atoms with E-state index in [0.717, 1.165) is 5.75 Å². The molecule has 0 bridgehead atoms. The van der Waals surface area contributed by atoms with Gasteiger partial charge < -0.3 is 24.3 Å². The first-order valence-electron chi connectivity index (χ1n) is 9.65. The summed E-state index contributed by atoms with van der Waals surface area (Å²) in [4.78, 5) is 24.0. The molecule has 2 rings (SSSR count). The summed E-state index contributed by atoms with van der Waals surface area (Å²) in [5.41, 5.74) is 3.67. The lowest BCUT2D eigenvalue weighted by atomic mass is 10.2. The maximum absolute atomic E-state index is 12.0. The molecule has 2 aromatic carbocycles. The van der Waals surface area contributed by atoms with Crippen molar-refractivity contribution < 1.29 is 28.5 Å². The van der Waals surface area contributed by atoms with Gasteiger partial charge in [0, 0.05) is 24.1 Å². The molecule has 0 atom stereocenters. The molecule has 0 saturated heterocycles. The maximum atomic E-state index is 12.0. The van der Waals surface area contributed by atoms with Crippen LogP contribution in [-0.4, -0.2) is 46.0 Å². The van der Waals surface area contributed by atoms with Crippen LogP contribution in [0.3, 0.4) is 0 Å². The minimum Gasteiger partial charge on any atom is -0.494 e. The van der Waals surface area contributed by atoms with Gasteiger partial charge in [0.25, 0.3) is 0 Å². The number of hydrogen-bond donors (Lipinski definition) is 2. The predicted molar refractivity (Wildman–Crippen MR) is 117 cm³/mol. The van der Waals surface area contributed by atoms with Gasteiger partial charge in [-0.15, -0.1) is 0 Å². The molecule has 166 valence electrons. The molecule has 0 aromatic heterocycles. The number of hydrazone groups is 1. The van der Waals surface area contributed by atoms with Crippen LogP contribution in [0.1, 0.15) is 25.3 Å². The van der Waals surface area contributed by atoms with E-state index in [4.69, 9.17) is 18.9 Å². The van der Waals surface area contributed by atoms with E-state index in [0.29, 0.717) is 35.1 Å². The van der Waals surface area contributed by atoms with Crippen LogP contribution >= 0.6 is 0 Å². The molecular formula is C22H27N3O6. The summed E-state index contributed by atoms with van der Waals surface area (Å²) >= 11 is 0. The van der Waals surface area contributed by atoms with Gasteiger partial charge in [-0.3, -0.25) is 9.59 Å². The fourth-order valence-electron chi connectivity index (χ4n) is 2.66. The summed E-state index contributed by atoms with van der Waals surface area (Å²) in [6.45, 7) is 2.47. The van der Waals surface area contributed by atoms with Crippen LogP contribution in [-0.2, 0) is 9.59 Å². The number of carbonyl (C=O) groups is 2. The van der Waals surface area contributed by atoms with Crippen molar-refractivity contribution in [3.63, 3.8) is 0 Å². The Kier molecular flexibility index (Phi) is 9.15. The molecule has 0 aliphatic rings. The zero-order chi connectivity index (χ0) is 22.6. The summed E-state index contributed by atoms with van der Waals surface area (Å²) < 4.78 is 21.2. The summed E-state index contributed by atoms with van der Waals surface area (Å²) in [6, 6.07) is 10.4. The van der Waals surface area contributed by atoms with Gasteiger partial charge in [-0.1, -0.05) is 0 Å². The van der Waals surface area contributed by atoms with Crippen molar-refractivity contribution >= 4 is 23.7 Å². The highest BCUT2D eigenvalue weighted by molar-refractivity contribution is 5.93. The maximum Gasteiger partial charge on any atom is 0.240 e. The number of ether oxygens (including phenoxy) is 4. The first-order chi connectivity index (χ1) is 15.0. The van der Waals surface area contributed by atoms with Gasteiger partial charge in [-0.25, -0.2) is 5.43 Å². The van der Waals surface area contributed by atoms with E-state index in [9.17, 15) is 9.59 Å². The highest BCUT2D eigenvalue weighted by atomic mass is 16.5. The van der Waals surface area contributed by atoms with E-state index >= 15 is 0 Å².